The first-order valence-electron chi connectivity index (χ1n) is 4.79. The first kappa shape index (κ1) is 11.3. The van der Waals surface area contributed by atoms with Gasteiger partial charge in [-0.1, -0.05) is 23.2 Å². The van der Waals surface area contributed by atoms with Crippen molar-refractivity contribution in [3.63, 3.8) is 0 Å². The molecule has 2 rings (SSSR count). The number of benzene rings is 1. The van der Waals surface area contributed by atoms with E-state index in [0.717, 1.165) is 18.6 Å². The summed E-state index contributed by atoms with van der Waals surface area (Å²) in [5.41, 5.74) is 0.598. The molecule has 1 aliphatic rings. The summed E-state index contributed by atoms with van der Waals surface area (Å²) >= 11 is 13.5. The molecule has 0 aromatic heterocycles. The number of halogens is 2. The minimum Gasteiger partial charge on any atom is -0.293 e. The quantitative estimate of drug-likeness (QED) is 0.746. The van der Waals surface area contributed by atoms with Crippen LogP contribution in [0.2, 0.25) is 10.0 Å². The number of rotatable bonds is 2. The molecule has 1 saturated heterocycles. The maximum atomic E-state index is 12.0. The van der Waals surface area contributed by atoms with Crippen molar-refractivity contribution in [3.8, 4) is 0 Å². The van der Waals surface area contributed by atoms with Crippen LogP contribution in [0.15, 0.2) is 18.2 Å². The van der Waals surface area contributed by atoms with E-state index in [9.17, 15) is 4.79 Å². The second-order valence-corrected chi connectivity index (χ2v) is 5.64. The third-order valence-electron chi connectivity index (χ3n) is 2.42. The van der Waals surface area contributed by atoms with Gasteiger partial charge < -0.3 is 0 Å². The molecule has 1 heterocycles. The topological polar surface area (TPSA) is 17.1 Å². The fourth-order valence-electron chi connectivity index (χ4n) is 1.65. The van der Waals surface area contributed by atoms with Gasteiger partial charge in [0.2, 0.25) is 0 Å². The molecule has 1 aromatic carbocycles. The molecule has 4 heteroatoms. The molecule has 1 atom stereocenters. The Kier molecular flexibility index (Phi) is 3.60. The summed E-state index contributed by atoms with van der Waals surface area (Å²) in [6.07, 6.45) is 2.08. The molecule has 1 fully saturated rings. The largest absolute Gasteiger partial charge is 0.293 e. The molecule has 1 nitrogen and oxygen atoms in total. The van der Waals surface area contributed by atoms with Gasteiger partial charge in [0.25, 0.3) is 0 Å². The standard InChI is InChI=1S/C11H10Cl2OS/c12-7-3-4-8(9(13)6-7)11(14)10-2-1-5-15-10/h3-4,6,10H,1-2,5H2. The highest BCUT2D eigenvalue weighted by atomic mass is 35.5. The molecule has 0 radical (unpaired) electrons. The van der Waals surface area contributed by atoms with Crippen molar-refractivity contribution in [2.24, 2.45) is 0 Å². The summed E-state index contributed by atoms with van der Waals surface area (Å²) < 4.78 is 0. The predicted molar refractivity (Wildman–Crippen MR) is 66.3 cm³/mol. The van der Waals surface area contributed by atoms with Gasteiger partial charge in [0.15, 0.2) is 5.78 Å². The molecule has 0 aliphatic carbocycles. The Bertz CT molecular complexity index is 386. The zero-order valence-corrected chi connectivity index (χ0v) is 10.3. The van der Waals surface area contributed by atoms with Crippen molar-refractivity contribution < 1.29 is 4.79 Å². The van der Waals surface area contributed by atoms with E-state index < -0.39 is 0 Å². The molecule has 1 aliphatic heterocycles. The number of carbonyl (C=O) groups is 1. The van der Waals surface area contributed by atoms with Crippen molar-refractivity contribution in [2.75, 3.05) is 5.75 Å². The summed E-state index contributed by atoms with van der Waals surface area (Å²) in [6, 6.07) is 5.04. The summed E-state index contributed by atoms with van der Waals surface area (Å²) in [5.74, 6) is 1.21. The number of carbonyl (C=O) groups excluding carboxylic acids is 1. The first-order chi connectivity index (χ1) is 7.18. The van der Waals surface area contributed by atoms with E-state index in [1.165, 1.54) is 0 Å². The molecule has 80 valence electrons. The van der Waals surface area contributed by atoms with Gasteiger partial charge in [-0.3, -0.25) is 4.79 Å². The van der Waals surface area contributed by atoms with Crippen LogP contribution in [0, 0.1) is 0 Å². The van der Waals surface area contributed by atoms with Gasteiger partial charge >= 0.3 is 0 Å². The Hall–Kier alpha value is -0.180. The van der Waals surface area contributed by atoms with Crippen LogP contribution in [-0.2, 0) is 0 Å². The average molecular weight is 261 g/mol. The van der Waals surface area contributed by atoms with E-state index in [0.29, 0.717) is 15.6 Å². The zero-order valence-electron chi connectivity index (χ0n) is 8.00. The summed E-state index contributed by atoms with van der Waals surface area (Å²) in [5, 5.41) is 1.11. The van der Waals surface area contributed by atoms with Crippen molar-refractivity contribution in [1.82, 2.24) is 0 Å². The fourth-order valence-corrected chi connectivity index (χ4v) is 3.38. The Morgan fingerprint density at radius 2 is 2.20 bits per heavy atom. The minimum absolute atomic E-state index is 0.0867. The highest BCUT2D eigenvalue weighted by Crippen LogP contribution is 2.31. The molecule has 15 heavy (non-hydrogen) atoms. The van der Waals surface area contributed by atoms with Crippen LogP contribution in [0.1, 0.15) is 23.2 Å². The Balaban J connectivity index is 2.24. The molecule has 0 saturated carbocycles. The van der Waals surface area contributed by atoms with E-state index in [1.54, 1.807) is 30.0 Å². The fraction of sp³-hybridized carbons (Fsp3) is 0.364. The lowest BCUT2D eigenvalue weighted by atomic mass is 10.1. The maximum Gasteiger partial charge on any atom is 0.177 e. The molecule has 0 N–H and O–H groups in total. The molecule has 1 unspecified atom stereocenters. The van der Waals surface area contributed by atoms with Gasteiger partial charge in [-0.15, -0.1) is 0 Å². The van der Waals surface area contributed by atoms with Crippen LogP contribution >= 0.6 is 35.0 Å². The molecular weight excluding hydrogens is 251 g/mol. The Morgan fingerprint density at radius 1 is 1.40 bits per heavy atom. The van der Waals surface area contributed by atoms with Crippen LogP contribution in [0.5, 0.6) is 0 Å². The normalized spacial score (nSPS) is 20.5. The van der Waals surface area contributed by atoms with Crippen molar-refractivity contribution in [3.05, 3.63) is 33.8 Å². The zero-order chi connectivity index (χ0) is 10.8. The van der Waals surface area contributed by atoms with E-state index in [-0.39, 0.29) is 11.0 Å². The summed E-state index contributed by atoms with van der Waals surface area (Å²) in [7, 11) is 0. The first-order valence-corrected chi connectivity index (χ1v) is 6.60. The Morgan fingerprint density at radius 3 is 2.80 bits per heavy atom. The molecule has 1 aromatic rings. The van der Waals surface area contributed by atoms with Crippen molar-refractivity contribution in [1.29, 1.82) is 0 Å². The predicted octanol–water partition coefficient (Wildman–Crippen LogP) is 4.07. The second kappa shape index (κ2) is 4.77. The number of hydrogen-bond acceptors (Lipinski definition) is 2. The molecule has 0 amide bonds. The number of ketones is 1. The van der Waals surface area contributed by atoms with Gasteiger partial charge in [-0.25, -0.2) is 0 Å². The van der Waals surface area contributed by atoms with Crippen LogP contribution in [0.25, 0.3) is 0 Å². The van der Waals surface area contributed by atoms with Crippen LogP contribution in [0.3, 0.4) is 0 Å². The molecule has 0 bridgehead atoms. The number of thioether (sulfide) groups is 1. The van der Waals surface area contributed by atoms with Crippen molar-refractivity contribution in [2.45, 2.75) is 18.1 Å². The molecule has 0 spiro atoms. The van der Waals surface area contributed by atoms with E-state index in [1.807, 2.05) is 0 Å². The van der Waals surface area contributed by atoms with Gasteiger partial charge in [0.1, 0.15) is 0 Å². The second-order valence-electron chi connectivity index (χ2n) is 3.49. The molecular formula is C11H10Cl2OS. The monoisotopic (exact) mass is 260 g/mol. The van der Waals surface area contributed by atoms with Gasteiger partial charge in [0.05, 0.1) is 10.3 Å². The van der Waals surface area contributed by atoms with Crippen LogP contribution in [-0.4, -0.2) is 16.8 Å². The van der Waals surface area contributed by atoms with E-state index >= 15 is 0 Å². The summed E-state index contributed by atoms with van der Waals surface area (Å²) in [4.78, 5) is 12.0. The lowest BCUT2D eigenvalue weighted by Crippen LogP contribution is -2.14. The third kappa shape index (κ3) is 2.49. The number of hydrogen-bond donors (Lipinski definition) is 0. The van der Waals surface area contributed by atoms with Crippen molar-refractivity contribution >= 4 is 40.7 Å². The SMILES string of the molecule is O=C(c1ccc(Cl)cc1Cl)C1CCCS1. The van der Waals surface area contributed by atoms with Gasteiger partial charge in [0, 0.05) is 10.6 Å². The average Bonchev–Trinajstić information content (AvgIpc) is 2.69. The van der Waals surface area contributed by atoms with Gasteiger partial charge in [-0.2, -0.15) is 11.8 Å². The summed E-state index contributed by atoms with van der Waals surface area (Å²) in [6.45, 7) is 0. The maximum absolute atomic E-state index is 12.0. The van der Waals surface area contributed by atoms with E-state index in [2.05, 4.69) is 0 Å². The highest BCUT2D eigenvalue weighted by Gasteiger charge is 2.25. The minimum atomic E-state index is 0.0867. The number of Topliss-reactive ketones (excluding diaryl/α,β-unsaturated/α-hetero) is 1. The van der Waals surface area contributed by atoms with Crippen LogP contribution in [0.4, 0.5) is 0 Å². The third-order valence-corrected chi connectivity index (χ3v) is 4.34. The lowest BCUT2D eigenvalue weighted by Gasteiger charge is -2.08. The lowest BCUT2D eigenvalue weighted by molar-refractivity contribution is 0.0988. The highest BCUT2D eigenvalue weighted by molar-refractivity contribution is 8.00. The Labute approximate surface area is 103 Å². The van der Waals surface area contributed by atoms with Crippen LogP contribution < -0.4 is 0 Å². The van der Waals surface area contributed by atoms with E-state index in [4.69, 9.17) is 23.2 Å². The van der Waals surface area contributed by atoms with Gasteiger partial charge in [-0.05, 0) is 36.8 Å². The smallest absolute Gasteiger partial charge is 0.177 e.